The number of methoxy groups -OCH3 is 1. The molecule has 0 spiro atoms. The van der Waals surface area contributed by atoms with Crippen molar-refractivity contribution in [1.82, 2.24) is 40.1 Å². The lowest BCUT2D eigenvalue weighted by Crippen LogP contribution is -2.31. The first-order valence-electron chi connectivity index (χ1n) is 13.5. The van der Waals surface area contributed by atoms with E-state index in [1.807, 2.05) is 26.0 Å². The maximum atomic E-state index is 12.7. The Kier molecular flexibility index (Phi) is 11.3. The molecule has 0 unspecified atom stereocenters. The van der Waals surface area contributed by atoms with E-state index in [0.717, 1.165) is 32.6 Å². The number of benzene rings is 1. The van der Waals surface area contributed by atoms with Crippen LogP contribution in [0.15, 0.2) is 30.6 Å². The van der Waals surface area contributed by atoms with Crippen LogP contribution in [0.25, 0.3) is 11.4 Å². The highest BCUT2D eigenvalue weighted by Gasteiger charge is 2.20. The summed E-state index contributed by atoms with van der Waals surface area (Å²) in [4.78, 5) is 34.1. The monoisotopic (exact) mass is 552 g/mol. The minimum atomic E-state index is -0.425. The van der Waals surface area contributed by atoms with E-state index >= 15 is 0 Å². The van der Waals surface area contributed by atoms with Gasteiger partial charge in [-0.15, -0.1) is 10.2 Å². The second-order valence-electron chi connectivity index (χ2n) is 9.12. The van der Waals surface area contributed by atoms with Crippen LogP contribution in [0.5, 0.6) is 5.75 Å². The zero-order valence-corrected chi connectivity index (χ0v) is 24.2. The molecule has 0 aliphatic carbocycles. The summed E-state index contributed by atoms with van der Waals surface area (Å²) in [5, 5.41) is 21.1. The molecule has 13 heteroatoms. The minimum Gasteiger partial charge on any atom is -0.494 e. The van der Waals surface area contributed by atoms with E-state index in [0.29, 0.717) is 41.5 Å². The molecule has 4 rings (SSSR count). The lowest BCUT2D eigenvalue weighted by atomic mass is 10.1. The summed E-state index contributed by atoms with van der Waals surface area (Å²) < 4.78 is 7.28. The molecule has 13 nitrogen and oxygen atoms in total. The fraction of sp³-hybridized carbons (Fsp3) is 0.481. The molecule has 3 N–H and O–H groups in total. The number of nitrogens with zero attached hydrogens (tertiary/aromatic N) is 7. The van der Waals surface area contributed by atoms with Gasteiger partial charge in [0.15, 0.2) is 23.1 Å². The Morgan fingerprint density at radius 2 is 1.85 bits per heavy atom. The molecule has 1 aliphatic rings. The summed E-state index contributed by atoms with van der Waals surface area (Å²) in [5.41, 5.74) is 1.67. The normalized spacial score (nSPS) is 13.9. The van der Waals surface area contributed by atoms with Gasteiger partial charge in [0.1, 0.15) is 6.33 Å². The van der Waals surface area contributed by atoms with Crippen LogP contribution in [-0.4, -0.2) is 101 Å². The first-order valence-corrected chi connectivity index (χ1v) is 13.5. The minimum absolute atomic E-state index is 0.0719. The molecule has 0 saturated carbocycles. The van der Waals surface area contributed by atoms with Crippen molar-refractivity contribution in [3.05, 3.63) is 36.3 Å². The Bertz CT molecular complexity index is 1280. The van der Waals surface area contributed by atoms with E-state index in [1.165, 1.54) is 7.05 Å². The predicted octanol–water partition coefficient (Wildman–Crippen LogP) is 2.38. The third-order valence-electron chi connectivity index (χ3n) is 6.30. The van der Waals surface area contributed by atoms with Crippen LogP contribution in [0.1, 0.15) is 37.2 Å². The SMILES string of the molecule is CC.CNC(=O)c1nnc(NC(=O)CCN2CCCN(C)CC2)cc1Nc1cccc(-c2ncn(C)n2)c1OC. The smallest absolute Gasteiger partial charge is 0.273 e. The summed E-state index contributed by atoms with van der Waals surface area (Å²) in [6.07, 6.45) is 3.02. The van der Waals surface area contributed by atoms with Crippen LogP contribution in [-0.2, 0) is 11.8 Å². The van der Waals surface area contributed by atoms with Gasteiger partial charge in [0.05, 0.1) is 24.0 Å². The van der Waals surface area contributed by atoms with Crippen LogP contribution >= 0.6 is 0 Å². The summed E-state index contributed by atoms with van der Waals surface area (Å²) in [7, 11) is 6.96. The van der Waals surface area contributed by atoms with Crippen LogP contribution in [0.3, 0.4) is 0 Å². The molecule has 40 heavy (non-hydrogen) atoms. The number of amides is 2. The Morgan fingerprint density at radius 1 is 1.05 bits per heavy atom. The maximum absolute atomic E-state index is 12.7. The molecule has 2 aromatic heterocycles. The Morgan fingerprint density at radius 3 is 2.55 bits per heavy atom. The third-order valence-corrected chi connectivity index (χ3v) is 6.30. The number of carbonyl (C=O) groups is 2. The molecule has 216 valence electrons. The van der Waals surface area contributed by atoms with Gasteiger partial charge < -0.3 is 30.5 Å². The zero-order chi connectivity index (χ0) is 29.1. The van der Waals surface area contributed by atoms with Crippen molar-refractivity contribution in [3.8, 4) is 17.1 Å². The summed E-state index contributed by atoms with van der Waals surface area (Å²) in [6, 6.07) is 7.06. The number of anilines is 3. The fourth-order valence-corrected chi connectivity index (χ4v) is 4.26. The van der Waals surface area contributed by atoms with E-state index in [2.05, 4.69) is 53.1 Å². The molecule has 1 aliphatic heterocycles. The number of nitrogens with one attached hydrogen (secondary N) is 3. The van der Waals surface area contributed by atoms with Gasteiger partial charge in [-0.05, 0) is 38.7 Å². The number of para-hydroxylation sites is 1. The summed E-state index contributed by atoms with van der Waals surface area (Å²) in [5.74, 6) is 0.632. The Hall–Kier alpha value is -4.10. The number of carbonyl (C=O) groups excluding carboxylic acids is 2. The second-order valence-corrected chi connectivity index (χ2v) is 9.12. The van der Waals surface area contributed by atoms with Crippen molar-refractivity contribution < 1.29 is 14.3 Å². The van der Waals surface area contributed by atoms with E-state index < -0.39 is 5.91 Å². The lowest BCUT2D eigenvalue weighted by molar-refractivity contribution is -0.116. The fourth-order valence-electron chi connectivity index (χ4n) is 4.26. The second kappa shape index (κ2) is 14.9. The molecule has 0 atom stereocenters. The number of rotatable bonds is 9. The van der Waals surface area contributed by atoms with Gasteiger partial charge in [-0.1, -0.05) is 19.9 Å². The Labute approximate surface area is 235 Å². The number of likely N-dealkylation sites (N-methyl/N-ethyl adjacent to an activating group) is 1. The first-order chi connectivity index (χ1) is 19.4. The highest BCUT2D eigenvalue weighted by atomic mass is 16.5. The standard InChI is InChI=1S/C25H34N10O3.C2H6/c1-26-25(37)22-19(28-18-8-5-7-17(23(18)38-4)24-27-16-34(3)32-24)15-20(30-31-22)29-21(36)9-12-35-11-6-10-33(2)13-14-35;1-2/h5,7-8,15-16H,6,9-14H2,1-4H3,(H,26,37)(H2,28,29,30,36);1-2H3. The van der Waals surface area contributed by atoms with Crippen molar-refractivity contribution >= 4 is 29.0 Å². The van der Waals surface area contributed by atoms with Crippen molar-refractivity contribution in [3.63, 3.8) is 0 Å². The van der Waals surface area contributed by atoms with Gasteiger partial charge in [0.25, 0.3) is 5.91 Å². The quantitative estimate of drug-likeness (QED) is 0.362. The molecule has 2 amide bonds. The summed E-state index contributed by atoms with van der Waals surface area (Å²) in [6.45, 7) is 8.64. The van der Waals surface area contributed by atoms with Gasteiger partial charge >= 0.3 is 0 Å². The van der Waals surface area contributed by atoms with Crippen LogP contribution in [0, 0.1) is 0 Å². The maximum Gasteiger partial charge on any atom is 0.273 e. The van der Waals surface area contributed by atoms with Crippen LogP contribution < -0.4 is 20.7 Å². The highest BCUT2D eigenvalue weighted by Crippen LogP contribution is 2.37. The molecule has 1 saturated heterocycles. The van der Waals surface area contributed by atoms with Crippen molar-refractivity contribution in [2.24, 2.45) is 7.05 Å². The number of ether oxygens (including phenoxy) is 1. The lowest BCUT2D eigenvalue weighted by Gasteiger charge is -2.19. The van der Waals surface area contributed by atoms with Gasteiger partial charge in [-0.2, -0.15) is 5.10 Å². The molecule has 1 fully saturated rings. The molecule has 1 aromatic carbocycles. The average molecular weight is 553 g/mol. The van der Waals surface area contributed by atoms with Crippen LogP contribution in [0.4, 0.5) is 17.2 Å². The van der Waals surface area contributed by atoms with Crippen molar-refractivity contribution in [2.75, 3.05) is 64.6 Å². The molecular weight excluding hydrogens is 512 g/mol. The topological polar surface area (TPSA) is 142 Å². The number of hydrogen-bond donors (Lipinski definition) is 3. The molecular formula is C27H40N10O3. The van der Waals surface area contributed by atoms with Crippen molar-refractivity contribution in [1.29, 1.82) is 0 Å². The van der Waals surface area contributed by atoms with Crippen molar-refractivity contribution in [2.45, 2.75) is 26.7 Å². The number of aromatic nitrogens is 5. The summed E-state index contributed by atoms with van der Waals surface area (Å²) >= 11 is 0. The van der Waals surface area contributed by atoms with Gasteiger partial charge in [0, 0.05) is 46.2 Å². The molecule has 0 bridgehead atoms. The van der Waals surface area contributed by atoms with Gasteiger partial charge in [-0.3, -0.25) is 14.3 Å². The van der Waals surface area contributed by atoms with E-state index in [4.69, 9.17) is 4.74 Å². The van der Waals surface area contributed by atoms with E-state index in [9.17, 15) is 9.59 Å². The molecule has 0 radical (unpaired) electrons. The van der Waals surface area contributed by atoms with E-state index in [1.54, 1.807) is 37.3 Å². The molecule has 3 aromatic rings. The first kappa shape index (κ1) is 30.4. The van der Waals surface area contributed by atoms with Crippen LogP contribution in [0.2, 0.25) is 0 Å². The van der Waals surface area contributed by atoms with Gasteiger partial charge in [0.2, 0.25) is 5.91 Å². The molecule has 3 heterocycles. The van der Waals surface area contributed by atoms with Gasteiger partial charge in [-0.25, -0.2) is 4.98 Å². The van der Waals surface area contributed by atoms with E-state index in [-0.39, 0.29) is 17.4 Å². The highest BCUT2D eigenvalue weighted by molar-refractivity contribution is 5.99. The Balaban J connectivity index is 0.00000216. The average Bonchev–Trinajstić information content (AvgIpc) is 3.29. The zero-order valence-electron chi connectivity index (χ0n) is 24.2. The third kappa shape index (κ3) is 7.96. The largest absolute Gasteiger partial charge is 0.494 e. The predicted molar refractivity (Wildman–Crippen MR) is 155 cm³/mol. The number of aryl methyl sites for hydroxylation is 1. The number of hydrogen-bond acceptors (Lipinski definition) is 10.